The summed E-state index contributed by atoms with van der Waals surface area (Å²) < 4.78 is 6.61. The predicted octanol–water partition coefficient (Wildman–Crippen LogP) is 14.3. The van der Waals surface area contributed by atoms with E-state index in [-0.39, 0.29) is 0 Å². The van der Waals surface area contributed by atoms with Crippen molar-refractivity contribution in [2.45, 2.75) is 50.9 Å². The van der Waals surface area contributed by atoms with Crippen LogP contribution in [-0.2, 0) is 5.41 Å². The second-order valence-corrected chi connectivity index (χ2v) is 16.4. The van der Waals surface area contributed by atoms with E-state index in [2.05, 4.69) is 163 Å². The summed E-state index contributed by atoms with van der Waals surface area (Å²) in [6.45, 7) is 2.19. The first-order chi connectivity index (χ1) is 26.1. The van der Waals surface area contributed by atoms with Gasteiger partial charge in [0, 0.05) is 32.9 Å². The van der Waals surface area contributed by atoms with E-state index in [0.717, 1.165) is 45.4 Å². The van der Waals surface area contributed by atoms with Crippen molar-refractivity contribution in [2.24, 2.45) is 17.8 Å². The van der Waals surface area contributed by atoms with E-state index >= 15 is 0 Å². The molecule has 0 amide bonds. The molecular weight excluding hydrogens is 643 g/mol. The fourth-order valence-corrected chi connectivity index (χ4v) is 11.1. The molecule has 4 bridgehead atoms. The molecule has 4 aliphatic rings. The Labute approximate surface area is 311 Å². The van der Waals surface area contributed by atoms with E-state index < -0.39 is 0 Å². The molecule has 1 heterocycles. The molecule has 0 radical (unpaired) electrons. The minimum Gasteiger partial charge on any atom is -0.455 e. The van der Waals surface area contributed by atoms with Crippen molar-refractivity contribution in [3.63, 3.8) is 0 Å². The van der Waals surface area contributed by atoms with Gasteiger partial charge in [0.25, 0.3) is 0 Å². The predicted molar refractivity (Wildman–Crippen MR) is 221 cm³/mol. The normalized spacial score (nSPS) is 21.9. The maximum absolute atomic E-state index is 6.61. The lowest BCUT2D eigenvalue weighted by Crippen LogP contribution is -2.48. The molecule has 0 atom stereocenters. The van der Waals surface area contributed by atoms with Crippen molar-refractivity contribution in [3.05, 3.63) is 163 Å². The van der Waals surface area contributed by atoms with Crippen LogP contribution >= 0.6 is 0 Å². The number of rotatable bonds is 6. The molecular formula is C51H43NO. The van der Waals surface area contributed by atoms with Crippen LogP contribution in [0.25, 0.3) is 55.0 Å². The zero-order valence-corrected chi connectivity index (χ0v) is 30.3. The van der Waals surface area contributed by atoms with Gasteiger partial charge in [-0.1, -0.05) is 115 Å². The largest absolute Gasteiger partial charge is 0.455 e. The number of benzene rings is 7. The quantitative estimate of drug-likeness (QED) is 0.173. The van der Waals surface area contributed by atoms with Crippen LogP contribution in [0.1, 0.15) is 49.7 Å². The Morgan fingerprint density at radius 3 is 1.66 bits per heavy atom. The minimum absolute atomic E-state index is 0.370. The van der Waals surface area contributed by atoms with Gasteiger partial charge in [0.05, 0.1) is 5.69 Å². The van der Waals surface area contributed by atoms with E-state index in [1.165, 1.54) is 88.5 Å². The van der Waals surface area contributed by atoms with Crippen molar-refractivity contribution in [3.8, 4) is 22.3 Å². The smallest absolute Gasteiger partial charge is 0.143 e. The molecule has 0 spiro atoms. The Bertz CT molecular complexity index is 2600. The summed E-state index contributed by atoms with van der Waals surface area (Å²) in [4.78, 5) is 2.48. The molecule has 7 aromatic carbocycles. The van der Waals surface area contributed by atoms with Crippen LogP contribution in [0.4, 0.5) is 17.1 Å². The van der Waals surface area contributed by atoms with Crippen LogP contribution in [0.2, 0.25) is 0 Å². The van der Waals surface area contributed by atoms with Crippen LogP contribution in [0.15, 0.2) is 156 Å². The lowest BCUT2D eigenvalue weighted by atomic mass is 9.48. The van der Waals surface area contributed by atoms with Crippen molar-refractivity contribution < 1.29 is 4.42 Å². The van der Waals surface area contributed by atoms with Gasteiger partial charge in [0.1, 0.15) is 11.2 Å². The van der Waals surface area contributed by atoms with E-state index in [0.29, 0.717) is 5.41 Å². The summed E-state index contributed by atoms with van der Waals surface area (Å²) in [6, 6.07) is 56.0. The lowest BCUT2D eigenvalue weighted by molar-refractivity contribution is -0.00518. The van der Waals surface area contributed by atoms with Crippen LogP contribution in [0.5, 0.6) is 0 Å². The van der Waals surface area contributed by atoms with Crippen molar-refractivity contribution in [1.82, 2.24) is 0 Å². The highest BCUT2D eigenvalue weighted by molar-refractivity contribution is 6.20. The van der Waals surface area contributed by atoms with Gasteiger partial charge < -0.3 is 9.32 Å². The fraction of sp³-hybridized carbons (Fsp3) is 0.216. The molecule has 2 nitrogen and oxygen atoms in total. The second-order valence-electron chi connectivity index (χ2n) is 16.4. The van der Waals surface area contributed by atoms with E-state index in [9.17, 15) is 0 Å². The second kappa shape index (κ2) is 12.0. The van der Waals surface area contributed by atoms with Crippen molar-refractivity contribution in [2.75, 3.05) is 4.90 Å². The molecule has 1 aromatic heterocycles. The maximum Gasteiger partial charge on any atom is 0.143 e. The highest BCUT2D eigenvalue weighted by Crippen LogP contribution is 2.61. The molecule has 258 valence electrons. The van der Waals surface area contributed by atoms with Crippen molar-refractivity contribution in [1.29, 1.82) is 0 Å². The first-order valence-electron chi connectivity index (χ1n) is 19.6. The molecule has 4 saturated carbocycles. The van der Waals surface area contributed by atoms with Crippen LogP contribution in [0.3, 0.4) is 0 Å². The Hall–Kier alpha value is -5.60. The molecule has 53 heavy (non-hydrogen) atoms. The minimum atomic E-state index is 0.370. The van der Waals surface area contributed by atoms with E-state index in [1.807, 2.05) is 0 Å². The van der Waals surface area contributed by atoms with E-state index in [1.54, 1.807) is 5.56 Å². The van der Waals surface area contributed by atoms with Gasteiger partial charge in [0.2, 0.25) is 0 Å². The van der Waals surface area contributed by atoms with Crippen molar-refractivity contribution >= 4 is 49.8 Å². The Morgan fingerprint density at radius 1 is 0.509 bits per heavy atom. The van der Waals surface area contributed by atoms with Gasteiger partial charge in [-0.25, -0.2) is 0 Å². The monoisotopic (exact) mass is 685 g/mol. The Kier molecular flexibility index (Phi) is 6.99. The molecule has 4 fully saturated rings. The molecule has 4 aliphatic carbocycles. The Balaban J connectivity index is 1.05. The standard InChI is InChI=1S/C51H43NO/c1-33-8-7-13-48-49(33)46-29-47(44-11-5-6-12-45(44)50(46)53-48)52(43-24-20-41(21-25-43)51-30-34-26-35(31-51)28-36(27-34)32-51)42-22-18-40(19-23-42)39-16-14-38(15-17-39)37-9-3-2-4-10-37/h2-25,29,34-36H,26-28,30-32H2,1H3. The first-order valence-corrected chi connectivity index (χ1v) is 19.6. The molecule has 12 rings (SSSR count). The van der Waals surface area contributed by atoms with Gasteiger partial charge in [-0.05, 0) is 138 Å². The number of hydrogen-bond donors (Lipinski definition) is 0. The third-order valence-corrected chi connectivity index (χ3v) is 13.2. The first kappa shape index (κ1) is 31.0. The van der Waals surface area contributed by atoms with Gasteiger partial charge >= 0.3 is 0 Å². The SMILES string of the molecule is Cc1cccc2oc3c4ccccc4c(N(c4ccc(-c5ccc(-c6ccccc6)cc5)cc4)c4ccc(C56CC7CC(CC(C7)C5)C6)cc4)cc3c12. The molecule has 0 aliphatic heterocycles. The number of anilines is 3. The molecule has 0 unspecified atom stereocenters. The highest BCUT2D eigenvalue weighted by Gasteiger charge is 2.51. The van der Waals surface area contributed by atoms with Gasteiger partial charge in [-0.3, -0.25) is 0 Å². The van der Waals surface area contributed by atoms with Gasteiger partial charge in [0.15, 0.2) is 0 Å². The third-order valence-electron chi connectivity index (χ3n) is 13.2. The highest BCUT2D eigenvalue weighted by atomic mass is 16.3. The molecule has 0 N–H and O–H groups in total. The number of fused-ring (bicyclic) bond motifs is 5. The average Bonchev–Trinajstić information content (AvgIpc) is 3.59. The number of furan rings is 1. The summed E-state index contributed by atoms with van der Waals surface area (Å²) in [5.41, 5.74) is 13.5. The maximum atomic E-state index is 6.61. The third kappa shape index (κ3) is 5.06. The Morgan fingerprint density at radius 2 is 1.04 bits per heavy atom. The number of nitrogens with zero attached hydrogens (tertiary/aromatic N) is 1. The van der Waals surface area contributed by atoms with Crippen LogP contribution in [0, 0.1) is 24.7 Å². The van der Waals surface area contributed by atoms with Crippen LogP contribution < -0.4 is 4.90 Å². The van der Waals surface area contributed by atoms with Gasteiger partial charge in [-0.2, -0.15) is 0 Å². The topological polar surface area (TPSA) is 16.4 Å². The zero-order chi connectivity index (χ0) is 35.1. The summed E-state index contributed by atoms with van der Waals surface area (Å²) in [5, 5.41) is 4.68. The van der Waals surface area contributed by atoms with Crippen LogP contribution in [-0.4, -0.2) is 0 Å². The molecule has 0 saturated heterocycles. The number of hydrogen-bond acceptors (Lipinski definition) is 2. The summed E-state index contributed by atoms with van der Waals surface area (Å²) in [5.74, 6) is 2.78. The zero-order valence-electron chi connectivity index (χ0n) is 30.3. The molecule has 2 heteroatoms. The number of aryl methyl sites for hydroxylation is 1. The fourth-order valence-electron chi connectivity index (χ4n) is 11.1. The summed E-state index contributed by atoms with van der Waals surface area (Å²) >= 11 is 0. The lowest BCUT2D eigenvalue weighted by Gasteiger charge is -2.57. The average molecular weight is 686 g/mol. The summed E-state index contributed by atoms with van der Waals surface area (Å²) in [7, 11) is 0. The molecule has 8 aromatic rings. The van der Waals surface area contributed by atoms with E-state index in [4.69, 9.17) is 4.42 Å². The van der Waals surface area contributed by atoms with Gasteiger partial charge in [-0.15, -0.1) is 0 Å². The summed E-state index contributed by atoms with van der Waals surface area (Å²) in [6.07, 6.45) is 8.54.